The van der Waals surface area contributed by atoms with Crippen LogP contribution in [0.25, 0.3) is 0 Å². The lowest BCUT2D eigenvalue weighted by molar-refractivity contribution is 0.0474. The van der Waals surface area contributed by atoms with Crippen LogP contribution in [0.3, 0.4) is 0 Å². The van der Waals surface area contributed by atoms with Crippen molar-refractivity contribution in [3.05, 3.63) is 46.3 Å². The number of methoxy groups -OCH3 is 2. The van der Waals surface area contributed by atoms with Crippen molar-refractivity contribution in [1.29, 1.82) is 0 Å². The normalized spacial score (nSPS) is 10.5. The molecule has 0 saturated carbocycles. The lowest BCUT2D eigenvalue weighted by atomic mass is 10.1. The van der Waals surface area contributed by atoms with E-state index >= 15 is 0 Å². The highest BCUT2D eigenvalue weighted by molar-refractivity contribution is 6.00. The van der Waals surface area contributed by atoms with Crippen LogP contribution in [0.15, 0.2) is 18.2 Å². The Morgan fingerprint density at radius 1 is 1.00 bits per heavy atom. The molecule has 0 radical (unpaired) electrons. The third-order valence-electron chi connectivity index (χ3n) is 4.40. The number of ether oxygens (including phenoxy) is 3. The second-order valence-corrected chi connectivity index (χ2v) is 5.85. The van der Waals surface area contributed by atoms with E-state index in [1.54, 1.807) is 18.2 Å². The van der Waals surface area contributed by atoms with Gasteiger partial charge in [-0.25, -0.2) is 4.79 Å². The lowest BCUT2D eigenvalue weighted by Gasteiger charge is -2.12. The number of aromatic nitrogens is 1. The highest BCUT2D eigenvalue weighted by atomic mass is 16.5. The smallest absolute Gasteiger partial charge is 0.338 e. The van der Waals surface area contributed by atoms with E-state index in [0.717, 1.165) is 17.0 Å². The van der Waals surface area contributed by atoms with E-state index in [1.807, 2.05) is 32.4 Å². The van der Waals surface area contributed by atoms with E-state index in [2.05, 4.69) is 0 Å². The fourth-order valence-corrected chi connectivity index (χ4v) is 2.63. The van der Waals surface area contributed by atoms with Gasteiger partial charge in [-0.15, -0.1) is 0 Å². The quantitative estimate of drug-likeness (QED) is 0.595. The highest BCUT2D eigenvalue weighted by Crippen LogP contribution is 2.29. The maximum atomic E-state index is 12.3. The summed E-state index contributed by atoms with van der Waals surface area (Å²) in [4.78, 5) is 24.6. The standard InChI is InChI=1S/C19H23NO5/c1-11-7-15(13(3)20(11)4)16(21)10-25-19(22)14-8-17(23-5)12(2)18(9-14)24-6/h7-9H,10H2,1-6H3. The zero-order chi connectivity index (χ0) is 18.7. The summed E-state index contributed by atoms with van der Waals surface area (Å²) in [6.07, 6.45) is 0. The first-order valence-electron chi connectivity index (χ1n) is 7.86. The molecule has 1 aromatic carbocycles. The van der Waals surface area contributed by atoms with Gasteiger partial charge in [0, 0.05) is 29.6 Å². The number of benzene rings is 1. The molecule has 0 aliphatic carbocycles. The predicted octanol–water partition coefficient (Wildman–Crippen LogP) is 3.01. The van der Waals surface area contributed by atoms with Gasteiger partial charge in [0.05, 0.1) is 19.8 Å². The Bertz CT molecular complexity index is 794. The zero-order valence-electron chi connectivity index (χ0n) is 15.4. The minimum Gasteiger partial charge on any atom is -0.496 e. The molecule has 0 saturated heterocycles. The summed E-state index contributed by atoms with van der Waals surface area (Å²) in [7, 11) is 4.92. The van der Waals surface area contributed by atoms with Crippen molar-refractivity contribution < 1.29 is 23.8 Å². The van der Waals surface area contributed by atoms with Gasteiger partial charge >= 0.3 is 5.97 Å². The van der Waals surface area contributed by atoms with E-state index in [4.69, 9.17) is 14.2 Å². The molecule has 2 rings (SSSR count). The largest absolute Gasteiger partial charge is 0.496 e. The van der Waals surface area contributed by atoms with Gasteiger partial charge in [0.2, 0.25) is 5.78 Å². The number of hydrogen-bond donors (Lipinski definition) is 0. The van der Waals surface area contributed by atoms with Gasteiger partial charge in [0.1, 0.15) is 11.5 Å². The van der Waals surface area contributed by atoms with E-state index < -0.39 is 5.97 Å². The fraction of sp³-hybridized carbons (Fsp3) is 0.368. The average Bonchev–Trinajstić information content (AvgIpc) is 2.87. The monoisotopic (exact) mass is 345 g/mol. The first-order valence-corrected chi connectivity index (χ1v) is 7.86. The van der Waals surface area contributed by atoms with E-state index in [-0.39, 0.29) is 18.0 Å². The van der Waals surface area contributed by atoms with Crippen LogP contribution in [-0.2, 0) is 11.8 Å². The van der Waals surface area contributed by atoms with Gasteiger partial charge in [-0.3, -0.25) is 4.79 Å². The second-order valence-electron chi connectivity index (χ2n) is 5.85. The van der Waals surface area contributed by atoms with Gasteiger partial charge in [0.25, 0.3) is 0 Å². The predicted molar refractivity (Wildman–Crippen MR) is 93.8 cm³/mol. The zero-order valence-corrected chi connectivity index (χ0v) is 15.4. The van der Waals surface area contributed by atoms with Gasteiger partial charge in [-0.2, -0.15) is 0 Å². The molecule has 6 nitrogen and oxygen atoms in total. The topological polar surface area (TPSA) is 66.8 Å². The van der Waals surface area contributed by atoms with Crippen molar-refractivity contribution in [3.8, 4) is 11.5 Å². The number of aryl methyl sites for hydroxylation is 1. The molecule has 0 fully saturated rings. The van der Waals surface area contributed by atoms with Gasteiger partial charge in [-0.05, 0) is 39.0 Å². The number of carbonyl (C=O) groups excluding carboxylic acids is 2. The molecular formula is C19H23NO5. The molecule has 6 heteroatoms. The van der Waals surface area contributed by atoms with Crippen molar-refractivity contribution in [2.75, 3.05) is 20.8 Å². The van der Waals surface area contributed by atoms with Crippen LogP contribution in [0.2, 0.25) is 0 Å². The van der Waals surface area contributed by atoms with Crippen LogP contribution in [0.5, 0.6) is 11.5 Å². The van der Waals surface area contributed by atoms with Gasteiger partial charge < -0.3 is 18.8 Å². The molecule has 134 valence electrons. The Morgan fingerprint density at radius 3 is 2.00 bits per heavy atom. The molecule has 0 N–H and O–H groups in total. The third-order valence-corrected chi connectivity index (χ3v) is 4.40. The number of esters is 1. The number of Topliss-reactive ketones (excluding diaryl/α,β-unsaturated/α-hetero) is 1. The van der Waals surface area contributed by atoms with Crippen LogP contribution >= 0.6 is 0 Å². The first-order chi connectivity index (χ1) is 11.8. The lowest BCUT2D eigenvalue weighted by Crippen LogP contribution is -2.15. The van der Waals surface area contributed by atoms with Gasteiger partial charge in [0.15, 0.2) is 6.61 Å². The minimum absolute atomic E-state index is 0.236. The number of rotatable bonds is 6. The average molecular weight is 345 g/mol. The summed E-state index contributed by atoms with van der Waals surface area (Å²) in [5.41, 5.74) is 3.44. The Balaban J connectivity index is 2.15. The summed E-state index contributed by atoms with van der Waals surface area (Å²) in [6.45, 7) is 5.29. The molecule has 1 heterocycles. The van der Waals surface area contributed by atoms with Crippen molar-refractivity contribution >= 4 is 11.8 Å². The fourth-order valence-electron chi connectivity index (χ4n) is 2.63. The molecular weight excluding hydrogens is 322 g/mol. The van der Waals surface area contributed by atoms with Gasteiger partial charge in [-0.1, -0.05) is 0 Å². The number of hydrogen-bond acceptors (Lipinski definition) is 5. The highest BCUT2D eigenvalue weighted by Gasteiger charge is 2.18. The van der Waals surface area contributed by atoms with E-state index in [1.165, 1.54) is 14.2 Å². The molecule has 0 bridgehead atoms. The molecule has 0 atom stereocenters. The van der Waals surface area contributed by atoms with Crippen molar-refractivity contribution in [2.24, 2.45) is 7.05 Å². The number of nitrogens with zero attached hydrogens (tertiary/aromatic N) is 1. The Kier molecular flexibility index (Phi) is 5.51. The SMILES string of the molecule is COc1cc(C(=O)OCC(=O)c2cc(C)n(C)c2C)cc(OC)c1C. The number of carbonyl (C=O) groups is 2. The Morgan fingerprint density at radius 2 is 1.56 bits per heavy atom. The van der Waals surface area contributed by atoms with Crippen molar-refractivity contribution in [3.63, 3.8) is 0 Å². The van der Waals surface area contributed by atoms with Crippen LogP contribution in [0.4, 0.5) is 0 Å². The summed E-state index contributed by atoms with van der Waals surface area (Å²) < 4.78 is 17.6. The summed E-state index contributed by atoms with van der Waals surface area (Å²) in [5, 5.41) is 0. The first kappa shape index (κ1) is 18.6. The Labute approximate surface area is 147 Å². The van der Waals surface area contributed by atoms with Crippen LogP contribution in [-0.4, -0.2) is 37.1 Å². The van der Waals surface area contributed by atoms with Crippen LogP contribution < -0.4 is 9.47 Å². The molecule has 1 aromatic heterocycles. The maximum Gasteiger partial charge on any atom is 0.338 e. The van der Waals surface area contributed by atoms with E-state index in [0.29, 0.717) is 17.1 Å². The molecule has 0 spiro atoms. The molecule has 2 aromatic rings. The van der Waals surface area contributed by atoms with Crippen molar-refractivity contribution in [2.45, 2.75) is 20.8 Å². The van der Waals surface area contributed by atoms with E-state index in [9.17, 15) is 9.59 Å². The summed E-state index contributed by atoms with van der Waals surface area (Å²) in [6, 6.07) is 4.94. The molecule has 25 heavy (non-hydrogen) atoms. The minimum atomic E-state index is -0.602. The van der Waals surface area contributed by atoms with Crippen LogP contribution in [0.1, 0.15) is 37.7 Å². The Hall–Kier alpha value is -2.76. The third kappa shape index (κ3) is 3.68. The summed E-state index contributed by atoms with van der Waals surface area (Å²) >= 11 is 0. The molecule has 0 aliphatic rings. The number of ketones is 1. The second kappa shape index (κ2) is 7.42. The van der Waals surface area contributed by atoms with Crippen LogP contribution in [0, 0.1) is 20.8 Å². The molecule has 0 amide bonds. The van der Waals surface area contributed by atoms with Crippen molar-refractivity contribution in [1.82, 2.24) is 4.57 Å². The molecule has 0 unspecified atom stereocenters. The molecule has 0 aliphatic heterocycles. The summed E-state index contributed by atoms with van der Waals surface area (Å²) in [5.74, 6) is 0.204. The maximum absolute atomic E-state index is 12.3.